The van der Waals surface area contributed by atoms with Crippen LogP contribution < -0.4 is 5.32 Å². The minimum Gasteiger partial charge on any atom is -0.322 e. The molecule has 3 aromatic rings. The molecule has 0 fully saturated rings. The molecule has 0 aliphatic carbocycles. The second-order valence-corrected chi connectivity index (χ2v) is 7.47. The van der Waals surface area contributed by atoms with Gasteiger partial charge < -0.3 is 5.32 Å². The average molecular weight is 351 g/mol. The van der Waals surface area contributed by atoms with E-state index in [1.807, 2.05) is 18.2 Å². The standard InChI is InChI=1S/C18H13N3O3S/c1-25(23,24)17-5-2-12(10-19)8-16(17)18(22)21-15-4-3-13-6-7-20-11-14(13)9-15/h2-9,11H,1H3,(H,21,22). The fourth-order valence-electron chi connectivity index (χ4n) is 2.46. The number of benzene rings is 2. The summed E-state index contributed by atoms with van der Waals surface area (Å²) in [6.45, 7) is 0. The maximum Gasteiger partial charge on any atom is 0.257 e. The Kier molecular flexibility index (Phi) is 4.21. The van der Waals surface area contributed by atoms with Gasteiger partial charge in [0.15, 0.2) is 9.84 Å². The highest BCUT2D eigenvalue weighted by atomic mass is 32.2. The van der Waals surface area contributed by atoms with E-state index in [2.05, 4.69) is 10.3 Å². The number of nitriles is 1. The zero-order chi connectivity index (χ0) is 18.0. The Balaban J connectivity index is 2.01. The topological polar surface area (TPSA) is 99.9 Å². The van der Waals surface area contributed by atoms with E-state index in [1.165, 1.54) is 18.2 Å². The molecular weight excluding hydrogens is 338 g/mol. The Bertz CT molecular complexity index is 1130. The first-order valence-corrected chi connectivity index (χ1v) is 9.17. The minimum atomic E-state index is -3.61. The summed E-state index contributed by atoms with van der Waals surface area (Å²) < 4.78 is 23.8. The predicted molar refractivity (Wildman–Crippen MR) is 94.0 cm³/mol. The number of hydrogen-bond donors (Lipinski definition) is 1. The summed E-state index contributed by atoms with van der Waals surface area (Å²) >= 11 is 0. The largest absolute Gasteiger partial charge is 0.322 e. The van der Waals surface area contributed by atoms with Crippen molar-refractivity contribution in [3.63, 3.8) is 0 Å². The summed E-state index contributed by atoms with van der Waals surface area (Å²) in [4.78, 5) is 16.5. The third kappa shape index (κ3) is 3.49. The molecule has 0 saturated carbocycles. The summed E-state index contributed by atoms with van der Waals surface area (Å²) in [7, 11) is -3.61. The van der Waals surface area contributed by atoms with E-state index in [0.29, 0.717) is 5.69 Å². The highest BCUT2D eigenvalue weighted by Gasteiger charge is 2.19. The first-order valence-electron chi connectivity index (χ1n) is 7.28. The summed E-state index contributed by atoms with van der Waals surface area (Å²) in [5.74, 6) is -0.597. The molecule has 1 amide bonds. The van der Waals surface area contributed by atoms with Gasteiger partial charge in [0, 0.05) is 29.7 Å². The highest BCUT2D eigenvalue weighted by Crippen LogP contribution is 2.22. The molecule has 0 bridgehead atoms. The molecule has 1 N–H and O–H groups in total. The number of anilines is 1. The molecule has 7 heteroatoms. The van der Waals surface area contributed by atoms with E-state index in [-0.39, 0.29) is 16.0 Å². The van der Waals surface area contributed by atoms with Gasteiger partial charge in [0.1, 0.15) is 0 Å². The lowest BCUT2D eigenvalue weighted by molar-refractivity contribution is 0.102. The molecular formula is C18H13N3O3S. The van der Waals surface area contributed by atoms with Crippen molar-refractivity contribution in [2.45, 2.75) is 4.90 Å². The Morgan fingerprint density at radius 2 is 1.92 bits per heavy atom. The Hall–Kier alpha value is -3.24. The van der Waals surface area contributed by atoms with Crippen LogP contribution in [0.25, 0.3) is 10.8 Å². The molecule has 0 unspecified atom stereocenters. The highest BCUT2D eigenvalue weighted by molar-refractivity contribution is 7.90. The maximum absolute atomic E-state index is 12.6. The summed E-state index contributed by atoms with van der Waals surface area (Å²) in [5.41, 5.74) is 0.653. The molecule has 0 radical (unpaired) electrons. The van der Waals surface area contributed by atoms with Crippen molar-refractivity contribution in [2.24, 2.45) is 0 Å². The van der Waals surface area contributed by atoms with Gasteiger partial charge in [-0.2, -0.15) is 5.26 Å². The van der Waals surface area contributed by atoms with Crippen molar-refractivity contribution >= 4 is 32.2 Å². The lowest BCUT2D eigenvalue weighted by Crippen LogP contribution is -2.16. The van der Waals surface area contributed by atoms with Crippen LogP contribution >= 0.6 is 0 Å². The number of rotatable bonds is 3. The monoisotopic (exact) mass is 351 g/mol. The van der Waals surface area contributed by atoms with Gasteiger partial charge in [-0.15, -0.1) is 0 Å². The number of carbonyl (C=O) groups excluding carboxylic acids is 1. The number of sulfone groups is 1. The number of carbonyl (C=O) groups is 1. The zero-order valence-electron chi connectivity index (χ0n) is 13.2. The molecule has 2 aromatic carbocycles. The van der Waals surface area contributed by atoms with Crippen LogP contribution in [-0.2, 0) is 9.84 Å². The fourth-order valence-corrected chi connectivity index (χ4v) is 3.33. The van der Waals surface area contributed by atoms with Gasteiger partial charge in [-0.3, -0.25) is 9.78 Å². The van der Waals surface area contributed by atoms with Crippen LogP contribution in [0.5, 0.6) is 0 Å². The van der Waals surface area contributed by atoms with Crippen LogP contribution in [0.4, 0.5) is 5.69 Å². The van der Waals surface area contributed by atoms with Crippen molar-refractivity contribution in [3.05, 3.63) is 66.0 Å². The van der Waals surface area contributed by atoms with Gasteiger partial charge in [0.2, 0.25) is 0 Å². The molecule has 0 aliphatic heterocycles. The van der Waals surface area contributed by atoms with Crippen LogP contribution in [0.3, 0.4) is 0 Å². The normalized spacial score (nSPS) is 11.0. The Labute approximate surface area is 144 Å². The molecule has 25 heavy (non-hydrogen) atoms. The number of nitrogens with zero attached hydrogens (tertiary/aromatic N) is 2. The molecule has 0 saturated heterocycles. The first kappa shape index (κ1) is 16.6. The molecule has 0 aliphatic rings. The third-order valence-electron chi connectivity index (χ3n) is 3.65. The van der Waals surface area contributed by atoms with E-state index < -0.39 is 15.7 Å². The molecule has 0 atom stereocenters. The van der Waals surface area contributed by atoms with E-state index >= 15 is 0 Å². The zero-order valence-corrected chi connectivity index (χ0v) is 14.0. The van der Waals surface area contributed by atoms with E-state index in [0.717, 1.165) is 17.0 Å². The quantitative estimate of drug-likeness (QED) is 0.782. The maximum atomic E-state index is 12.6. The smallest absolute Gasteiger partial charge is 0.257 e. The predicted octanol–water partition coefficient (Wildman–Crippen LogP) is 2.76. The summed E-state index contributed by atoms with van der Waals surface area (Å²) in [6.07, 6.45) is 4.36. The van der Waals surface area contributed by atoms with Gasteiger partial charge in [0.05, 0.1) is 22.1 Å². The SMILES string of the molecule is CS(=O)(=O)c1ccc(C#N)cc1C(=O)Nc1ccc2ccncc2c1. The van der Waals surface area contributed by atoms with E-state index in [1.54, 1.807) is 24.5 Å². The molecule has 1 heterocycles. The third-order valence-corrected chi connectivity index (χ3v) is 4.81. The van der Waals surface area contributed by atoms with Gasteiger partial charge in [-0.05, 0) is 41.8 Å². The van der Waals surface area contributed by atoms with Gasteiger partial charge in [-0.1, -0.05) is 6.07 Å². The molecule has 124 valence electrons. The molecule has 3 rings (SSSR count). The number of pyridine rings is 1. The number of fused-ring (bicyclic) bond motifs is 1. The lowest BCUT2D eigenvalue weighted by Gasteiger charge is -2.10. The number of aromatic nitrogens is 1. The number of amides is 1. The Morgan fingerprint density at radius 3 is 2.64 bits per heavy atom. The number of nitrogens with one attached hydrogen (secondary N) is 1. The van der Waals surface area contributed by atoms with Crippen LogP contribution in [0.2, 0.25) is 0 Å². The molecule has 1 aromatic heterocycles. The van der Waals surface area contributed by atoms with Gasteiger partial charge >= 0.3 is 0 Å². The first-order chi connectivity index (χ1) is 11.9. The summed E-state index contributed by atoms with van der Waals surface area (Å²) in [5, 5.41) is 13.5. The second-order valence-electron chi connectivity index (χ2n) is 5.49. The average Bonchev–Trinajstić information content (AvgIpc) is 2.60. The van der Waals surface area contributed by atoms with Crippen molar-refractivity contribution in [3.8, 4) is 6.07 Å². The molecule has 0 spiro atoms. The fraction of sp³-hybridized carbons (Fsp3) is 0.0556. The van der Waals surface area contributed by atoms with Gasteiger partial charge in [-0.25, -0.2) is 8.42 Å². The van der Waals surface area contributed by atoms with E-state index in [9.17, 15) is 13.2 Å². The van der Waals surface area contributed by atoms with E-state index in [4.69, 9.17) is 5.26 Å². The second kappa shape index (κ2) is 6.34. The van der Waals surface area contributed by atoms with Crippen LogP contribution in [0.1, 0.15) is 15.9 Å². The van der Waals surface area contributed by atoms with Crippen molar-refractivity contribution < 1.29 is 13.2 Å². The lowest BCUT2D eigenvalue weighted by atomic mass is 10.1. The number of hydrogen-bond acceptors (Lipinski definition) is 5. The van der Waals surface area contributed by atoms with Crippen LogP contribution in [0, 0.1) is 11.3 Å². The Morgan fingerprint density at radius 1 is 1.12 bits per heavy atom. The molecule has 6 nitrogen and oxygen atoms in total. The van der Waals surface area contributed by atoms with Crippen LogP contribution in [-0.4, -0.2) is 25.6 Å². The van der Waals surface area contributed by atoms with Gasteiger partial charge in [0.25, 0.3) is 5.91 Å². The minimum absolute atomic E-state index is 0.0622. The van der Waals surface area contributed by atoms with Crippen molar-refractivity contribution in [2.75, 3.05) is 11.6 Å². The van der Waals surface area contributed by atoms with Crippen LogP contribution in [0.15, 0.2) is 59.8 Å². The van der Waals surface area contributed by atoms with Crippen molar-refractivity contribution in [1.82, 2.24) is 4.98 Å². The van der Waals surface area contributed by atoms with Crippen molar-refractivity contribution in [1.29, 1.82) is 5.26 Å². The summed E-state index contributed by atoms with van der Waals surface area (Å²) in [6, 6.07) is 13.0.